The number of piperidine rings is 1. The molecule has 0 radical (unpaired) electrons. The van der Waals surface area contributed by atoms with Gasteiger partial charge in [-0.1, -0.05) is 43.0 Å². The van der Waals surface area contributed by atoms with Crippen LogP contribution in [0.3, 0.4) is 0 Å². The first-order chi connectivity index (χ1) is 18.3. The number of allylic oxidation sites excluding steroid dienone is 2. The number of rotatable bonds is 1. The zero-order valence-corrected chi connectivity index (χ0v) is 22.7. The average Bonchev–Trinajstić information content (AvgIpc) is 2.90. The van der Waals surface area contributed by atoms with Crippen molar-refractivity contribution < 1.29 is 23.8 Å². The summed E-state index contributed by atoms with van der Waals surface area (Å²) in [6.45, 7) is 16.1. The number of amides is 1. The van der Waals surface area contributed by atoms with Crippen LogP contribution in [0.4, 0.5) is 4.39 Å². The van der Waals surface area contributed by atoms with Crippen LogP contribution in [0.5, 0.6) is 0 Å². The molecule has 2 rings (SSSR count). The molecule has 2 aliphatic rings. The molecule has 3 unspecified atom stereocenters. The minimum atomic E-state index is -1.06. The van der Waals surface area contributed by atoms with Gasteiger partial charge in [0.25, 0.3) is 0 Å². The SMILES string of the molecule is C=N/C1=C\COCCC(F)CCC(O)/C=C(C)/C=C/CNC(=O)/C=C/CCOC(=C)C2CCCCN2C1=C. The normalized spacial score (nSPS) is 30.9. The fraction of sp³-hybridized carbons (Fsp3) is 0.533. The molecule has 1 amide bonds. The van der Waals surface area contributed by atoms with E-state index in [1.54, 1.807) is 12.2 Å². The Bertz CT molecular complexity index is 924. The van der Waals surface area contributed by atoms with Gasteiger partial charge < -0.3 is 24.8 Å². The Kier molecular flexibility index (Phi) is 14.4. The van der Waals surface area contributed by atoms with Gasteiger partial charge in [0.1, 0.15) is 11.9 Å². The van der Waals surface area contributed by atoms with E-state index in [-0.39, 0.29) is 38.0 Å². The quantitative estimate of drug-likeness (QED) is 0.471. The van der Waals surface area contributed by atoms with Gasteiger partial charge >= 0.3 is 0 Å². The van der Waals surface area contributed by atoms with E-state index in [4.69, 9.17) is 9.47 Å². The zero-order valence-electron chi connectivity index (χ0n) is 22.7. The second kappa shape index (κ2) is 17.5. The summed E-state index contributed by atoms with van der Waals surface area (Å²) in [5.41, 5.74) is 2.19. The number of halogens is 1. The number of carbonyl (C=O) groups excluding carboxylic acids is 1. The predicted octanol–water partition coefficient (Wildman–Crippen LogP) is 4.93. The molecule has 7 nitrogen and oxygen atoms in total. The largest absolute Gasteiger partial charge is 0.496 e. The third kappa shape index (κ3) is 11.6. The second-order valence-electron chi connectivity index (χ2n) is 9.57. The van der Waals surface area contributed by atoms with E-state index in [0.717, 1.165) is 37.1 Å². The number of hydrogen-bond acceptors (Lipinski definition) is 6. The third-order valence-corrected chi connectivity index (χ3v) is 6.50. The second-order valence-corrected chi connectivity index (χ2v) is 9.57. The summed E-state index contributed by atoms with van der Waals surface area (Å²) in [6.07, 6.45) is 13.0. The number of hydrogen-bond donors (Lipinski definition) is 2. The number of aliphatic imine (C=N–C) groups is 1. The molecule has 1 fully saturated rings. The molecule has 8 heteroatoms. The van der Waals surface area contributed by atoms with Crippen LogP contribution >= 0.6 is 0 Å². The van der Waals surface area contributed by atoms with E-state index in [1.807, 2.05) is 25.2 Å². The van der Waals surface area contributed by atoms with Crippen molar-refractivity contribution in [2.45, 2.75) is 70.2 Å². The molecular formula is C30H44FN3O4. The van der Waals surface area contributed by atoms with E-state index in [0.29, 0.717) is 37.4 Å². The molecule has 2 aliphatic heterocycles. The first-order valence-electron chi connectivity index (χ1n) is 13.5. The van der Waals surface area contributed by atoms with Gasteiger partial charge in [0.05, 0.1) is 36.8 Å². The van der Waals surface area contributed by atoms with Gasteiger partial charge in [-0.2, -0.15) is 0 Å². The van der Waals surface area contributed by atoms with Gasteiger partial charge in [-0.3, -0.25) is 9.79 Å². The van der Waals surface area contributed by atoms with Crippen molar-refractivity contribution >= 4 is 12.6 Å². The fourth-order valence-corrected chi connectivity index (χ4v) is 4.39. The molecule has 0 bridgehead atoms. The van der Waals surface area contributed by atoms with E-state index < -0.39 is 12.3 Å². The van der Waals surface area contributed by atoms with Gasteiger partial charge in [0.15, 0.2) is 0 Å². The van der Waals surface area contributed by atoms with Crippen LogP contribution in [0.15, 0.2) is 77.3 Å². The highest BCUT2D eigenvalue weighted by Crippen LogP contribution is 2.29. The number of fused-ring (bicyclic) bond motifs is 1. The van der Waals surface area contributed by atoms with Crippen LogP contribution in [0.1, 0.15) is 51.9 Å². The monoisotopic (exact) mass is 529 g/mol. The summed E-state index contributed by atoms with van der Waals surface area (Å²) < 4.78 is 25.9. The van der Waals surface area contributed by atoms with E-state index in [2.05, 4.69) is 35.1 Å². The van der Waals surface area contributed by atoms with E-state index >= 15 is 0 Å². The maximum Gasteiger partial charge on any atom is 0.243 e. The number of nitrogens with zero attached hydrogens (tertiary/aromatic N) is 2. The lowest BCUT2D eigenvalue weighted by molar-refractivity contribution is -0.116. The van der Waals surface area contributed by atoms with Crippen LogP contribution in [0.25, 0.3) is 0 Å². The Hall–Kier alpha value is -2.97. The summed E-state index contributed by atoms with van der Waals surface area (Å²) in [5, 5.41) is 13.0. The molecule has 210 valence electrons. The topological polar surface area (TPSA) is 83.4 Å². The molecule has 2 N–H and O–H groups in total. The highest BCUT2D eigenvalue weighted by atomic mass is 19.1. The van der Waals surface area contributed by atoms with Crippen molar-refractivity contribution in [3.63, 3.8) is 0 Å². The molecular weight excluding hydrogens is 485 g/mol. The summed E-state index contributed by atoms with van der Waals surface area (Å²) >= 11 is 0. The first-order valence-corrected chi connectivity index (χ1v) is 13.5. The lowest BCUT2D eigenvalue weighted by Gasteiger charge is -2.39. The molecule has 1 saturated heterocycles. The highest BCUT2D eigenvalue weighted by molar-refractivity contribution is 5.87. The maximum atomic E-state index is 14.3. The molecule has 2 heterocycles. The Labute approximate surface area is 227 Å². The van der Waals surface area contributed by atoms with Gasteiger partial charge in [-0.05, 0) is 64.3 Å². The van der Waals surface area contributed by atoms with Crippen molar-refractivity contribution in [3.8, 4) is 0 Å². The number of aliphatic hydroxyl groups is 1. The minimum Gasteiger partial charge on any atom is -0.496 e. The third-order valence-electron chi connectivity index (χ3n) is 6.50. The van der Waals surface area contributed by atoms with Crippen molar-refractivity contribution in [2.75, 3.05) is 32.9 Å². The Morgan fingerprint density at radius 2 is 1.95 bits per heavy atom. The van der Waals surface area contributed by atoms with Gasteiger partial charge in [0.2, 0.25) is 5.91 Å². The lowest BCUT2D eigenvalue weighted by atomic mass is 9.99. The van der Waals surface area contributed by atoms with Crippen LogP contribution < -0.4 is 5.32 Å². The Balaban J connectivity index is 2.07. The minimum absolute atomic E-state index is 0.0277. The van der Waals surface area contributed by atoms with Crippen molar-refractivity contribution in [2.24, 2.45) is 4.99 Å². The van der Waals surface area contributed by atoms with Gasteiger partial charge in [-0.25, -0.2) is 4.39 Å². The highest BCUT2D eigenvalue weighted by Gasteiger charge is 2.28. The van der Waals surface area contributed by atoms with Gasteiger partial charge in [-0.15, -0.1) is 0 Å². The molecule has 0 aromatic carbocycles. The van der Waals surface area contributed by atoms with E-state index in [9.17, 15) is 14.3 Å². The summed E-state index contributed by atoms with van der Waals surface area (Å²) in [4.78, 5) is 18.3. The Morgan fingerprint density at radius 1 is 1.13 bits per heavy atom. The Morgan fingerprint density at radius 3 is 2.74 bits per heavy atom. The average molecular weight is 530 g/mol. The standard InChI is InChI=1S/C30H44FN3O4/c1-23-10-9-17-33-30(36)12-6-8-19-38-25(3)29-11-5-7-18-34(29)24(2)28(32-4)16-21-37-20-15-26(31)13-14-27(35)22-23/h6,9-10,12,16,22,26-27,29,35H,2-5,7-8,11,13-15,17-21H2,1H3,(H,33,36)/b10-9+,12-6+,23-22+,28-16-. The zero-order chi connectivity index (χ0) is 27.8. The van der Waals surface area contributed by atoms with Gasteiger partial charge in [0, 0.05) is 26.1 Å². The van der Waals surface area contributed by atoms with Crippen LogP contribution in [-0.4, -0.2) is 73.9 Å². The van der Waals surface area contributed by atoms with Crippen molar-refractivity contribution in [1.82, 2.24) is 10.2 Å². The molecule has 0 aromatic rings. The fourth-order valence-electron chi connectivity index (χ4n) is 4.39. The lowest BCUT2D eigenvalue weighted by Crippen LogP contribution is -2.40. The first kappa shape index (κ1) is 31.2. The molecule has 0 spiro atoms. The molecule has 0 aromatic heterocycles. The summed E-state index contributed by atoms with van der Waals surface area (Å²) in [5.74, 6) is 0.470. The maximum absolute atomic E-state index is 14.3. The number of carbonyl (C=O) groups is 1. The number of ether oxygens (including phenoxy) is 2. The molecule has 0 saturated carbocycles. The predicted molar refractivity (Wildman–Crippen MR) is 151 cm³/mol. The van der Waals surface area contributed by atoms with Crippen LogP contribution in [0, 0.1) is 0 Å². The number of nitrogens with one attached hydrogen (secondary N) is 1. The summed E-state index contributed by atoms with van der Waals surface area (Å²) in [7, 11) is 0. The van der Waals surface area contributed by atoms with Crippen LogP contribution in [0.2, 0.25) is 0 Å². The molecule has 0 aliphatic carbocycles. The number of alkyl halides is 1. The smallest absolute Gasteiger partial charge is 0.243 e. The van der Waals surface area contributed by atoms with Crippen molar-refractivity contribution in [1.29, 1.82) is 0 Å². The summed E-state index contributed by atoms with van der Waals surface area (Å²) in [6, 6.07) is -0.0277. The van der Waals surface area contributed by atoms with Crippen LogP contribution in [-0.2, 0) is 14.3 Å². The molecule has 38 heavy (non-hydrogen) atoms. The molecule has 3 atom stereocenters. The van der Waals surface area contributed by atoms with Crippen molar-refractivity contribution in [3.05, 3.63) is 72.3 Å². The van der Waals surface area contributed by atoms with E-state index in [1.165, 1.54) is 6.08 Å². The number of aliphatic hydroxyl groups excluding tert-OH is 1.